The minimum Gasteiger partial charge on any atom is -0.497 e. The average Bonchev–Trinajstić information content (AvgIpc) is 2.60. The lowest BCUT2D eigenvalue weighted by Crippen LogP contribution is -2.35. The quantitative estimate of drug-likeness (QED) is 0.874. The molecule has 0 aliphatic carbocycles. The lowest BCUT2D eigenvalue weighted by molar-refractivity contribution is 0.0984. The van der Waals surface area contributed by atoms with E-state index in [-0.39, 0.29) is 5.91 Å². The lowest BCUT2D eigenvalue weighted by atomic mass is 10.1. The maximum atomic E-state index is 12.9. The highest BCUT2D eigenvalue weighted by atomic mass is 16.5. The van der Waals surface area contributed by atoms with E-state index in [0.717, 1.165) is 24.2 Å². The molecule has 114 valence electrons. The molecular weight excluding hydrogens is 280 g/mol. The maximum absolute atomic E-state index is 12.9. The standard InChI is InChI=1S/C17H18N2O3/c1-21-13-9-12(10-14(11-13)22-2)17(20)19-8-4-5-15-16(19)6-3-7-18-15/h3,6-7,9-11H,4-5,8H2,1-2H3. The molecule has 5 heteroatoms. The van der Waals surface area contributed by atoms with Gasteiger partial charge in [0.2, 0.25) is 0 Å². The third kappa shape index (κ3) is 2.62. The first-order valence-corrected chi connectivity index (χ1v) is 7.22. The topological polar surface area (TPSA) is 51.7 Å². The number of carbonyl (C=O) groups excluding carboxylic acids is 1. The van der Waals surface area contributed by atoms with Crippen molar-refractivity contribution in [2.45, 2.75) is 12.8 Å². The van der Waals surface area contributed by atoms with Crippen molar-refractivity contribution < 1.29 is 14.3 Å². The summed E-state index contributed by atoms with van der Waals surface area (Å²) in [5.41, 5.74) is 2.41. The predicted octanol–water partition coefficient (Wildman–Crippen LogP) is 2.69. The van der Waals surface area contributed by atoms with Crippen molar-refractivity contribution in [1.82, 2.24) is 4.98 Å². The van der Waals surface area contributed by atoms with Crippen molar-refractivity contribution in [2.24, 2.45) is 0 Å². The average molecular weight is 298 g/mol. The summed E-state index contributed by atoms with van der Waals surface area (Å²) >= 11 is 0. The minimum absolute atomic E-state index is 0.0637. The van der Waals surface area contributed by atoms with Gasteiger partial charge in [0.15, 0.2) is 0 Å². The third-order valence-corrected chi connectivity index (χ3v) is 3.80. The van der Waals surface area contributed by atoms with Crippen molar-refractivity contribution in [3.05, 3.63) is 47.8 Å². The Morgan fingerprint density at radius 2 is 1.91 bits per heavy atom. The Bertz CT molecular complexity index is 678. The minimum atomic E-state index is -0.0637. The van der Waals surface area contributed by atoms with Crippen LogP contribution in [0.1, 0.15) is 22.5 Å². The number of benzene rings is 1. The van der Waals surface area contributed by atoms with Crippen molar-refractivity contribution in [2.75, 3.05) is 25.7 Å². The first-order chi connectivity index (χ1) is 10.7. The summed E-state index contributed by atoms with van der Waals surface area (Å²) in [4.78, 5) is 19.0. The van der Waals surface area contributed by atoms with Crippen LogP contribution in [-0.2, 0) is 6.42 Å². The highest BCUT2D eigenvalue weighted by Crippen LogP contribution is 2.29. The van der Waals surface area contributed by atoms with Gasteiger partial charge in [-0.15, -0.1) is 0 Å². The fourth-order valence-corrected chi connectivity index (χ4v) is 2.69. The molecular formula is C17H18N2O3. The van der Waals surface area contributed by atoms with Crippen LogP contribution in [0.4, 0.5) is 5.69 Å². The molecule has 0 N–H and O–H groups in total. The summed E-state index contributed by atoms with van der Waals surface area (Å²) in [6.45, 7) is 0.692. The van der Waals surface area contributed by atoms with Crippen molar-refractivity contribution >= 4 is 11.6 Å². The van der Waals surface area contributed by atoms with Crippen LogP contribution in [0, 0.1) is 0 Å². The zero-order valence-corrected chi connectivity index (χ0v) is 12.7. The number of ether oxygens (including phenoxy) is 2. The van der Waals surface area contributed by atoms with E-state index in [1.54, 1.807) is 43.5 Å². The Morgan fingerprint density at radius 1 is 1.18 bits per heavy atom. The Kier molecular flexibility index (Phi) is 3.96. The van der Waals surface area contributed by atoms with Crippen LogP contribution < -0.4 is 14.4 Å². The highest BCUT2D eigenvalue weighted by molar-refractivity contribution is 6.07. The molecule has 1 aromatic heterocycles. The number of hydrogen-bond acceptors (Lipinski definition) is 4. The number of fused-ring (bicyclic) bond motifs is 1. The summed E-state index contributed by atoms with van der Waals surface area (Å²) in [5, 5.41) is 0. The number of pyridine rings is 1. The summed E-state index contributed by atoms with van der Waals surface area (Å²) < 4.78 is 10.5. The molecule has 0 atom stereocenters. The number of anilines is 1. The molecule has 2 aromatic rings. The Hall–Kier alpha value is -2.56. The number of aryl methyl sites for hydroxylation is 1. The van der Waals surface area contributed by atoms with Crippen molar-refractivity contribution in [3.63, 3.8) is 0 Å². The number of nitrogens with zero attached hydrogens (tertiary/aromatic N) is 2. The van der Waals surface area contributed by atoms with Gasteiger partial charge in [0.1, 0.15) is 11.5 Å². The second-order valence-corrected chi connectivity index (χ2v) is 5.13. The van der Waals surface area contributed by atoms with Gasteiger partial charge in [-0.2, -0.15) is 0 Å². The van der Waals surface area contributed by atoms with Crippen LogP contribution in [-0.4, -0.2) is 31.7 Å². The van der Waals surface area contributed by atoms with E-state index in [4.69, 9.17) is 9.47 Å². The molecule has 22 heavy (non-hydrogen) atoms. The van der Waals surface area contributed by atoms with Gasteiger partial charge in [0.05, 0.1) is 25.6 Å². The highest BCUT2D eigenvalue weighted by Gasteiger charge is 2.24. The summed E-state index contributed by atoms with van der Waals surface area (Å²) in [7, 11) is 3.15. The van der Waals surface area contributed by atoms with E-state index in [9.17, 15) is 4.79 Å². The molecule has 3 rings (SSSR count). The molecule has 0 unspecified atom stereocenters. The van der Waals surface area contributed by atoms with E-state index in [2.05, 4.69) is 4.98 Å². The molecule has 1 aromatic carbocycles. The zero-order chi connectivity index (χ0) is 15.5. The molecule has 5 nitrogen and oxygen atoms in total. The van der Waals surface area contributed by atoms with E-state index in [1.165, 1.54) is 0 Å². The number of rotatable bonds is 3. The number of amides is 1. The van der Waals surface area contributed by atoms with Crippen LogP contribution in [0.3, 0.4) is 0 Å². The molecule has 0 spiro atoms. The number of aromatic nitrogens is 1. The number of carbonyl (C=O) groups is 1. The molecule has 0 radical (unpaired) electrons. The molecule has 0 saturated heterocycles. The van der Waals surface area contributed by atoms with Gasteiger partial charge in [-0.3, -0.25) is 9.78 Å². The summed E-state index contributed by atoms with van der Waals surface area (Å²) in [6, 6.07) is 9.01. The van der Waals surface area contributed by atoms with Crippen molar-refractivity contribution in [3.8, 4) is 11.5 Å². The summed E-state index contributed by atoms with van der Waals surface area (Å²) in [5.74, 6) is 1.14. The van der Waals surface area contributed by atoms with Gasteiger partial charge >= 0.3 is 0 Å². The Morgan fingerprint density at radius 3 is 2.59 bits per heavy atom. The second kappa shape index (κ2) is 6.05. The van der Waals surface area contributed by atoms with Crippen LogP contribution in [0.15, 0.2) is 36.5 Å². The zero-order valence-electron chi connectivity index (χ0n) is 12.7. The molecule has 0 bridgehead atoms. The largest absolute Gasteiger partial charge is 0.497 e. The lowest BCUT2D eigenvalue weighted by Gasteiger charge is -2.28. The van der Waals surface area contributed by atoms with E-state index in [0.29, 0.717) is 23.6 Å². The van der Waals surface area contributed by atoms with E-state index >= 15 is 0 Å². The number of hydrogen-bond donors (Lipinski definition) is 0. The molecule has 0 fully saturated rings. The maximum Gasteiger partial charge on any atom is 0.258 e. The molecule has 1 aliphatic heterocycles. The summed E-state index contributed by atoms with van der Waals surface area (Å²) in [6.07, 6.45) is 3.58. The molecule has 1 aliphatic rings. The van der Waals surface area contributed by atoms with Gasteiger partial charge in [-0.1, -0.05) is 0 Å². The SMILES string of the molecule is COc1cc(OC)cc(C(=O)N2CCCc3ncccc32)c1. The molecule has 1 amide bonds. The second-order valence-electron chi connectivity index (χ2n) is 5.13. The Balaban J connectivity index is 1.98. The van der Waals surface area contributed by atoms with Crippen LogP contribution >= 0.6 is 0 Å². The normalized spacial score (nSPS) is 13.5. The van der Waals surface area contributed by atoms with Crippen LogP contribution in [0.25, 0.3) is 0 Å². The third-order valence-electron chi connectivity index (χ3n) is 3.80. The van der Waals surface area contributed by atoms with Crippen molar-refractivity contribution in [1.29, 1.82) is 0 Å². The van der Waals surface area contributed by atoms with Gasteiger partial charge in [0, 0.05) is 24.4 Å². The smallest absolute Gasteiger partial charge is 0.258 e. The fourth-order valence-electron chi connectivity index (χ4n) is 2.69. The van der Waals surface area contributed by atoms with Crippen LogP contribution in [0.2, 0.25) is 0 Å². The first-order valence-electron chi connectivity index (χ1n) is 7.22. The first kappa shape index (κ1) is 14.4. The predicted molar refractivity (Wildman–Crippen MR) is 83.8 cm³/mol. The molecule has 0 saturated carbocycles. The van der Waals surface area contributed by atoms with Gasteiger partial charge < -0.3 is 14.4 Å². The van der Waals surface area contributed by atoms with Gasteiger partial charge in [0.25, 0.3) is 5.91 Å². The fraction of sp³-hybridized carbons (Fsp3) is 0.294. The van der Waals surface area contributed by atoms with E-state index < -0.39 is 0 Å². The Labute approximate surface area is 129 Å². The van der Waals surface area contributed by atoms with Gasteiger partial charge in [-0.25, -0.2) is 0 Å². The van der Waals surface area contributed by atoms with E-state index in [1.807, 2.05) is 12.1 Å². The number of methoxy groups -OCH3 is 2. The molecule has 2 heterocycles. The monoisotopic (exact) mass is 298 g/mol. The van der Waals surface area contributed by atoms with Gasteiger partial charge in [-0.05, 0) is 37.1 Å². The van der Waals surface area contributed by atoms with Crippen LogP contribution in [0.5, 0.6) is 11.5 Å².